The third-order valence-electron chi connectivity index (χ3n) is 3.78. The van der Waals surface area contributed by atoms with Gasteiger partial charge in [0.1, 0.15) is 22.4 Å². The number of rotatable bonds is 7. The highest BCUT2D eigenvalue weighted by Crippen LogP contribution is 2.19. The summed E-state index contributed by atoms with van der Waals surface area (Å²) in [4.78, 5) is 12.0. The molecule has 8 heteroatoms. The summed E-state index contributed by atoms with van der Waals surface area (Å²) in [6, 6.07) is 10.6. The molecule has 3 rings (SSSR count). The van der Waals surface area contributed by atoms with Crippen LogP contribution in [-0.2, 0) is 12.8 Å². The monoisotopic (exact) mass is 389 g/mol. The second-order valence-electron chi connectivity index (χ2n) is 5.68. The number of ether oxygens (including phenoxy) is 1. The first-order valence-electron chi connectivity index (χ1n) is 8.35. The summed E-state index contributed by atoms with van der Waals surface area (Å²) in [6.07, 6.45) is 1.50. The molecule has 0 aliphatic carbocycles. The van der Waals surface area contributed by atoms with Crippen molar-refractivity contribution in [2.75, 3.05) is 11.9 Å². The van der Waals surface area contributed by atoms with Crippen molar-refractivity contribution in [1.82, 2.24) is 10.2 Å². The maximum absolute atomic E-state index is 13.6. The SMILES string of the molecule is CCc1ccc(OCCc2nnc(NC(=O)c3ccc(F)cc3F)s2)cc1. The van der Waals surface area contributed by atoms with Crippen LogP contribution in [0.1, 0.15) is 27.9 Å². The fraction of sp³-hybridized carbons (Fsp3) is 0.211. The predicted octanol–water partition coefficient (Wildman–Crippen LogP) is 4.25. The van der Waals surface area contributed by atoms with E-state index in [0.717, 1.165) is 24.3 Å². The van der Waals surface area contributed by atoms with Crippen molar-refractivity contribution in [3.63, 3.8) is 0 Å². The van der Waals surface area contributed by atoms with Gasteiger partial charge in [-0.2, -0.15) is 0 Å². The minimum absolute atomic E-state index is 0.242. The molecule has 5 nitrogen and oxygen atoms in total. The zero-order valence-corrected chi connectivity index (χ0v) is 15.4. The van der Waals surface area contributed by atoms with Gasteiger partial charge in [-0.05, 0) is 36.2 Å². The van der Waals surface area contributed by atoms with E-state index in [4.69, 9.17) is 4.74 Å². The van der Waals surface area contributed by atoms with Crippen LogP contribution in [-0.4, -0.2) is 22.7 Å². The van der Waals surface area contributed by atoms with Crippen LogP contribution in [0.4, 0.5) is 13.9 Å². The van der Waals surface area contributed by atoms with Crippen molar-refractivity contribution in [2.24, 2.45) is 0 Å². The largest absolute Gasteiger partial charge is 0.493 e. The van der Waals surface area contributed by atoms with Crippen LogP contribution in [0.15, 0.2) is 42.5 Å². The van der Waals surface area contributed by atoms with Gasteiger partial charge in [-0.3, -0.25) is 10.1 Å². The van der Waals surface area contributed by atoms with E-state index in [1.807, 2.05) is 24.3 Å². The average molecular weight is 389 g/mol. The number of nitrogens with one attached hydrogen (secondary N) is 1. The summed E-state index contributed by atoms with van der Waals surface area (Å²) in [5.41, 5.74) is 0.983. The number of aromatic nitrogens is 2. The summed E-state index contributed by atoms with van der Waals surface area (Å²) in [5, 5.41) is 11.2. The summed E-state index contributed by atoms with van der Waals surface area (Å²) < 4.78 is 32.2. The third kappa shape index (κ3) is 5.07. The highest BCUT2D eigenvalue weighted by molar-refractivity contribution is 7.15. The Balaban J connectivity index is 1.52. The standard InChI is InChI=1S/C19H17F2N3O2S/c1-2-12-3-6-14(7-4-12)26-10-9-17-23-24-19(27-17)22-18(25)15-8-5-13(20)11-16(15)21/h3-8,11H,2,9-10H2,1H3,(H,22,24,25). The minimum Gasteiger partial charge on any atom is -0.493 e. The van der Waals surface area contributed by atoms with Gasteiger partial charge in [0.2, 0.25) is 5.13 Å². The van der Waals surface area contributed by atoms with E-state index < -0.39 is 17.5 Å². The number of aryl methyl sites for hydroxylation is 1. The lowest BCUT2D eigenvalue weighted by Gasteiger charge is -2.05. The number of carbonyl (C=O) groups is 1. The highest BCUT2D eigenvalue weighted by atomic mass is 32.1. The van der Waals surface area contributed by atoms with Gasteiger partial charge in [0.05, 0.1) is 12.2 Å². The number of anilines is 1. The Morgan fingerprint density at radius 2 is 1.93 bits per heavy atom. The van der Waals surface area contributed by atoms with Gasteiger partial charge in [0.15, 0.2) is 0 Å². The molecule has 0 bridgehead atoms. The van der Waals surface area contributed by atoms with Gasteiger partial charge in [0.25, 0.3) is 5.91 Å². The Morgan fingerprint density at radius 3 is 2.63 bits per heavy atom. The first-order chi connectivity index (χ1) is 13.0. The Labute approximate surface area is 159 Å². The van der Waals surface area contributed by atoms with Crippen molar-refractivity contribution < 1.29 is 18.3 Å². The van der Waals surface area contributed by atoms with Crippen molar-refractivity contribution in [3.8, 4) is 5.75 Å². The van der Waals surface area contributed by atoms with E-state index in [1.165, 1.54) is 16.9 Å². The molecule has 0 aliphatic rings. The zero-order valence-electron chi connectivity index (χ0n) is 14.5. The van der Waals surface area contributed by atoms with Crippen molar-refractivity contribution in [1.29, 1.82) is 0 Å². The van der Waals surface area contributed by atoms with Gasteiger partial charge in [-0.1, -0.05) is 30.4 Å². The molecule has 0 saturated carbocycles. The lowest BCUT2D eigenvalue weighted by Crippen LogP contribution is -2.13. The molecule has 1 aromatic heterocycles. The second kappa shape index (κ2) is 8.68. The van der Waals surface area contributed by atoms with Crippen LogP contribution < -0.4 is 10.1 Å². The lowest BCUT2D eigenvalue weighted by atomic mass is 10.2. The average Bonchev–Trinajstić information content (AvgIpc) is 3.09. The molecule has 1 N–H and O–H groups in total. The molecule has 0 unspecified atom stereocenters. The van der Waals surface area contributed by atoms with Crippen LogP contribution in [0.3, 0.4) is 0 Å². The number of halogens is 2. The molecule has 3 aromatic rings. The van der Waals surface area contributed by atoms with E-state index in [-0.39, 0.29) is 10.7 Å². The molecule has 2 aromatic carbocycles. The molecule has 27 heavy (non-hydrogen) atoms. The summed E-state index contributed by atoms with van der Waals surface area (Å²) in [7, 11) is 0. The maximum Gasteiger partial charge on any atom is 0.260 e. The molecule has 0 atom stereocenters. The second-order valence-corrected chi connectivity index (χ2v) is 6.74. The van der Waals surface area contributed by atoms with Crippen LogP contribution in [0.2, 0.25) is 0 Å². The fourth-order valence-electron chi connectivity index (χ4n) is 2.32. The molecule has 0 fully saturated rings. The molecule has 140 valence electrons. The van der Waals surface area contributed by atoms with Crippen molar-refractivity contribution in [2.45, 2.75) is 19.8 Å². The van der Waals surface area contributed by atoms with E-state index >= 15 is 0 Å². The van der Waals surface area contributed by atoms with E-state index in [2.05, 4.69) is 22.4 Å². The number of benzene rings is 2. The number of carbonyl (C=O) groups excluding carboxylic acids is 1. The van der Waals surface area contributed by atoms with Crippen LogP contribution in [0.5, 0.6) is 5.75 Å². The normalized spacial score (nSPS) is 10.6. The van der Waals surface area contributed by atoms with E-state index in [0.29, 0.717) is 24.1 Å². The first kappa shape index (κ1) is 18.9. The van der Waals surface area contributed by atoms with E-state index in [9.17, 15) is 13.6 Å². The lowest BCUT2D eigenvalue weighted by molar-refractivity contribution is 0.102. The Kier molecular flexibility index (Phi) is 6.08. The van der Waals surface area contributed by atoms with Crippen LogP contribution >= 0.6 is 11.3 Å². The Bertz CT molecular complexity index is 929. The van der Waals surface area contributed by atoms with Gasteiger partial charge >= 0.3 is 0 Å². The summed E-state index contributed by atoms with van der Waals surface area (Å²) in [6.45, 7) is 2.51. The van der Waals surface area contributed by atoms with Crippen LogP contribution in [0.25, 0.3) is 0 Å². The zero-order chi connectivity index (χ0) is 19.2. The molecule has 1 amide bonds. The molecular formula is C19H17F2N3O2S. The van der Waals surface area contributed by atoms with Crippen LogP contribution in [0, 0.1) is 11.6 Å². The van der Waals surface area contributed by atoms with Crippen molar-refractivity contribution >= 4 is 22.4 Å². The molecule has 0 aliphatic heterocycles. The molecule has 0 radical (unpaired) electrons. The molecular weight excluding hydrogens is 372 g/mol. The first-order valence-corrected chi connectivity index (χ1v) is 9.17. The predicted molar refractivity (Wildman–Crippen MR) is 99.2 cm³/mol. The number of amides is 1. The highest BCUT2D eigenvalue weighted by Gasteiger charge is 2.15. The summed E-state index contributed by atoms with van der Waals surface area (Å²) >= 11 is 1.18. The van der Waals surface area contributed by atoms with Crippen molar-refractivity contribution in [3.05, 3.63) is 70.2 Å². The number of nitrogens with zero attached hydrogens (tertiary/aromatic N) is 2. The topological polar surface area (TPSA) is 64.1 Å². The molecule has 0 spiro atoms. The number of hydrogen-bond donors (Lipinski definition) is 1. The van der Waals surface area contributed by atoms with Gasteiger partial charge < -0.3 is 4.74 Å². The van der Waals surface area contributed by atoms with Gasteiger partial charge in [0, 0.05) is 12.5 Å². The Morgan fingerprint density at radius 1 is 1.15 bits per heavy atom. The molecule has 0 saturated heterocycles. The van der Waals surface area contributed by atoms with Gasteiger partial charge in [-0.25, -0.2) is 8.78 Å². The quantitative estimate of drug-likeness (QED) is 0.656. The smallest absolute Gasteiger partial charge is 0.260 e. The molecule has 1 heterocycles. The Hall–Kier alpha value is -2.87. The maximum atomic E-state index is 13.6. The van der Waals surface area contributed by atoms with Gasteiger partial charge in [-0.15, -0.1) is 10.2 Å². The third-order valence-corrected chi connectivity index (χ3v) is 4.68. The summed E-state index contributed by atoms with van der Waals surface area (Å²) in [5.74, 6) is -1.61. The van der Waals surface area contributed by atoms with E-state index in [1.54, 1.807) is 0 Å². The number of hydrogen-bond acceptors (Lipinski definition) is 5. The minimum atomic E-state index is -0.931. The fourth-order valence-corrected chi connectivity index (χ4v) is 3.04.